The predicted octanol–water partition coefficient (Wildman–Crippen LogP) is 1.79. The molecule has 2 aliphatic heterocycles. The Labute approximate surface area is 129 Å². The van der Waals surface area contributed by atoms with Gasteiger partial charge in [-0.1, -0.05) is 13.8 Å². The molecule has 120 valence electrons. The smallest absolute Gasteiger partial charge is 0.253 e. The molecule has 3 rings (SSSR count). The highest BCUT2D eigenvalue weighted by molar-refractivity contribution is 5.93. The zero-order valence-corrected chi connectivity index (χ0v) is 12.9. The van der Waals surface area contributed by atoms with Crippen molar-refractivity contribution >= 4 is 5.91 Å². The maximum Gasteiger partial charge on any atom is 0.253 e. The lowest BCUT2D eigenvalue weighted by Gasteiger charge is -2.32. The molecule has 1 saturated heterocycles. The number of ether oxygens (including phenoxy) is 2. The van der Waals surface area contributed by atoms with Crippen LogP contribution in [0.1, 0.15) is 50.5 Å². The molecule has 0 aromatic carbocycles. The summed E-state index contributed by atoms with van der Waals surface area (Å²) in [6, 6.07) is 0. The number of aromatic nitrogens is 2. The Hall–Kier alpha value is -1.89. The summed E-state index contributed by atoms with van der Waals surface area (Å²) < 4.78 is 16.6. The van der Waals surface area contributed by atoms with Crippen molar-refractivity contribution in [1.82, 2.24) is 15.1 Å². The molecule has 1 atom stereocenters. The second-order valence-corrected chi connectivity index (χ2v) is 5.86. The first kappa shape index (κ1) is 15.0. The molecular weight excluding hydrogens is 286 g/mol. The number of carbonyl (C=O) groups is 1. The highest BCUT2D eigenvalue weighted by atomic mass is 16.5. The van der Waals surface area contributed by atoms with E-state index in [-0.39, 0.29) is 17.9 Å². The maximum absolute atomic E-state index is 12.5. The summed E-state index contributed by atoms with van der Waals surface area (Å²) in [4.78, 5) is 14.3. The zero-order chi connectivity index (χ0) is 15.5. The topological polar surface area (TPSA) is 77.7 Å². The van der Waals surface area contributed by atoms with Crippen molar-refractivity contribution in [1.29, 1.82) is 0 Å². The van der Waals surface area contributed by atoms with Gasteiger partial charge in [0.25, 0.3) is 5.91 Å². The van der Waals surface area contributed by atoms with E-state index in [4.69, 9.17) is 13.9 Å². The van der Waals surface area contributed by atoms with Gasteiger partial charge < -0.3 is 18.8 Å². The second-order valence-electron chi connectivity index (χ2n) is 5.86. The third-order valence-corrected chi connectivity index (χ3v) is 3.79. The molecule has 3 heterocycles. The lowest BCUT2D eigenvalue weighted by molar-refractivity contribution is -0.136. The lowest BCUT2D eigenvalue weighted by atomic mass is 10.1. The molecule has 2 aliphatic rings. The van der Waals surface area contributed by atoms with Gasteiger partial charge in [0.15, 0.2) is 6.10 Å². The fourth-order valence-corrected chi connectivity index (χ4v) is 2.52. The normalized spacial score (nSPS) is 22.4. The maximum atomic E-state index is 12.5. The van der Waals surface area contributed by atoms with E-state index < -0.39 is 0 Å². The molecule has 7 heteroatoms. The van der Waals surface area contributed by atoms with Crippen molar-refractivity contribution < 1.29 is 18.7 Å². The van der Waals surface area contributed by atoms with Crippen LogP contribution >= 0.6 is 0 Å². The molecule has 1 aromatic heterocycles. The molecule has 0 radical (unpaired) electrons. The van der Waals surface area contributed by atoms with Crippen molar-refractivity contribution in [2.45, 2.75) is 38.7 Å². The minimum atomic E-state index is -0.359. The third-order valence-electron chi connectivity index (χ3n) is 3.79. The number of rotatable bonds is 3. The second kappa shape index (κ2) is 6.48. The fourth-order valence-electron chi connectivity index (χ4n) is 2.52. The summed E-state index contributed by atoms with van der Waals surface area (Å²) in [5, 5.41) is 8.07. The van der Waals surface area contributed by atoms with Gasteiger partial charge in [-0.05, 0) is 12.8 Å². The van der Waals surface area contributed by atoms with Crippen molar-refractivity contribution in [2.24, 2.45) is 0 Å². The highest BCUT2D eigenvalue weighted by Crippen LogP contribution is 2.25. The summed E-state index contributed by atoms with van der Waals surface area (Å²) in [5.74, 6) is 1.21. The van der Waals surface area contributed by atoms with E-state index >= 15 is 0 Å². The van der Waals surface area contributed by atoms with E-state index in [0.29, 0.717) is 38.1 Å². The van der Waals surface area contributed by atoms with Crippen molar-refractivity contribution in [2.75, 3.05) is 26.3 Å². The molecule has 0 saturated carbocycles. The molecular formula is C15H21N3O4. The van der Waals surface area contributed by atoms with Gasteiger partial charge in [0.2, 0.25) is 11.8 Å². The SMILES string of the molecule is CC(C)c1nnc([C@@H]2CN(C(=O)C3=COCCC3)CCO2)o1. The predicted molar refractivity (Wildman–Crippen MR) is 76.9 cm³/mol. The Morgan fingerprint density at radius 2 is 2.23 bits per heavy atom. The molecule has 22 heavy (non-hydrogen) atoms. The van der Waals surface area contributed by atoms with Crippen LogP contribution < -0.4 is 0 Å². The Kier molecular flexibility index (Phi) is 4.42. The van der Waals surface area contributed by atoms with E-state index in [0.717, 1.165) is 18.4 Å². The molecule has 7 nitrogen and oxygen atoms in total. The minimum Gasteiger partial charge on any atom is -0.501 e. The first-order valence-corrected chi connectivity index (χ1v) is 7.70. The van der Waals surface area contributed by atoms with Crippen LogP contribution in [0.25, 0.3) is 0 Å². The van der Waals surface area contributed by atoms with Crippen molar-refractivity contribution in [3.8, 4) is 0 Å². The van der Waals surface area contributed by atoms with Gasteiger partial charge >= 0.3 is 0 Å². The Bertz CT molecular complexity index is 567. The number of hydrogen-bond acceptors (Lipinski definition) is 6. The van der Waals surface area contributed by atoms with Crippen LogP contribution in [0.5, 0.6) is 0 Å². The monoisotopic (exact) mass is 307 g/mol. The number of amides is 1. The molecule has 0 aliphatic carbocycles. The van der Waals surface area contributed by atoms with Crippen LogP contribution in [-0.2, 0) is 14.3 Å². The largest absolute Gasteiger partial charge is 0.501 e. The first-order valence-electron chi connectivity index (χ1n) is 7.70. The highest BCUT2D eigenvalue weighted by Gasteiger charge is 2.31. The third kappa shape index (κ3) is 3.14. The molecule has 0 unspecified atom stereocenters. The van der Waals surface area contributed by atoms with Gasteiger partial charge in [-0.2, -0.15) is 0 Å². The average Bonchev–Trinajstić information content (AvgIpc) is 3.05. The van der Waals surface area contributed by atoms with Crippen LogP contribution in [0.3, 0.4) is 0 Å². The van der Waals surface area contributed by atoms with Gasteiger partial charge in [-0.15, -0.1) is 10.2 Å². The Morgan fingerprint density at radius 3 is 2.91 bits per heavy atom. The minimum absolute atomic E-state index is 0.0107. The number of morpholine rings is 1. The van der Waals surface area contributed by atoms with Gasteiger partial charge in [-0.3, -0.25) is 4.79 Å². The fraction of sp³-hybridized carbons (Fsp3) is 0.667. The van der Waals surface area contributed by atoms with Crippen LogP contribution in [-0.4, -0.2) is 47.3 Å². The summed E-state index contributed by atoms with van der Waals surface area (Å²) >= 11 is 0. The zero-order valence-electron chi connectivity index (χ0n) is 12.9. The standard InChI is InChI=1S/C15H21N3O4/c1-10(2)13-16-17-14(22-13)12-8-18(5-7-21-12)15(19)11-4-3-6-20-9-11/h9-10,12H,3-8H2,1-2H3/t12-/m0/s1. The van der Waals surface area contributed by atoms with Gasteiger partial charge in [0.05, 0.1) is 31.6 Å². The first-order chi connectivity index (χ1) is 10.6. The van der Waals surface area contributed by atoms with Crippen molar-refractivity contribution in [3.63, 3.8) is 0 Å². The number of nitrogens with zero attached hydrogens (tertiary/aromatic N) is 3. The van der Waals surface area contributed by atoms with Gasteiger partial charge in [0.1, 0.15) is 0 Å². The number of hydrogen-bond donors (Lipinski definition) is 0. The summed E-state index contributed by atoms with van der Waals surface area (Å²) in [7, 11) is 0. The lowest BCUT2D eigenvalue weighted by Crippen LogP contribution is -2.43. The van der Waals surface area contributed by atoms with E-state index in [1.165, 1.54) is 0 Å². The Morgan fingerprint density at radius 1 is 1.36 bits per heavy atom. The molecule has 1 aromatic rings. The summed E-state index contributed by atoms with van der Waals surface area (Å²) in [6.45, 7) is 6.12. The van der Waals surface area contributed by atoms with Crippen molar-refractivity contribution in [3.05, 3.63) is 23.6 Å². The average molecular weight is 307 g/mol. The van der Waals surface area contributed by atoms with Gasteiger partial charge in [-0.25, -0.2) is 0 Å². The van der Waals surface area contributed by atoms with E-state index in [1.807, 2.05) is 13.8 Å². The molecule has 0 bridgehead atoms. The summed E-state index contributed by atoms with van der Waals surface area (Å²) in [6.07, 6.45) is 2.87. The molecule has 0 N–H and O–H groups in total. The van der Waals surface area contributed by atoms with Crippen LogP contribution in [0, 0.1) is 0 Å². The van der Waals surface area contributed by atoms with E-state index in [9.17, 15) is 4.79 Å². The Balaban J connectivity index is 1.68. The molecule has 1 fully saturated rings. The van der Waals surface area contributed by atoms with Crippen LogP contribution in [0.15, 0.2) is 16.3 Å². The van der Waals surface area contributed by atoms with Crippen LogP contribution in [0.2, 0.25) is 0 Å². The van der Waals surface area contributed by atoms with Gasteiger partial charge in [0, 0.05) is 12.5 Å². The van der Waals surface area contributed by atoms with Crippen LogP contribution in [0.4, 0.5) is 0 Å². The number of carbonyl (C=O) groups excluding carboxylic acids is 1. The quantitative estimate of drug-likeness (QED) is 0.847. The van der Waals surface area contributed by atoms with E-state index in [2.05, 4.69) is 10.2 Å². The van der Waals surface area contributed by atoms with E-state index in [1.54, 1.807) is 11.2 Å². The molecule has 1 amide bonds. The summed E-state index contributed by atoms with van der Waals surface area (Å²) in [5.41, 5.74) is 0.722. The molecule has 0 spiro atoms.